The number of hydrogen-bond acceptors (Lipinski definition) is 7. The summed E-state index contributed by atoms with van der Waals surface area (Å²) in [5.74, 6) is 0.424. The number of carbonyl (C=O) groups is 3. The summed E-state index contributed by atoms with van der Waals surface area (Å²) in [5.41, 5.74) is 3.96. The highest BCUT2D eigenvalue weighted by atomic mass is 79.9. The Morgan fingerprint density at radius 2 is 1.58 bits per heavy atom. The molecule has 5 aromatic carbocycles. The van der Waals surface area contributed by atoms with Gasteiger partial charge in [-0.2, -0.15) is 4.80 Å². The molecule has 1 heterocycles. The first kappa shape index (κ1) is 35.7. The molecule has 1 aliphatic rings. The number of halogens is 1. The molecule has 0 atom stereocenters. The molecule has 1 aromatic heterocycles. The Labute approximate surface area is 316 Å². The van der Waals surface area contributed by atoms with Crippen LogP contribution in [0.5, 0.6) is 0 Å². The number of tetrazole rings is 1. The number of nitrogens with zero attached hydrogens (tertiary/aromatic N) is 5. The highest BCUT2D eigenvalue weighted by molar-refractivity contribution is 9.10. The number of nitrogens with one attached hydrogen (secondary N) is 1. The summed E-state index contributed by atoms with van der Waals surface area (Å²) in [6, 6.07) is 33.1. The molecule has 0 aliphatic heterocycles. The maximum Gasteiger partial charge on any atom is 0.422 e. The Morgan fingerprint density at radius 1 is 0.887 bits per heavy atom. The van der Waals surface area contributed by atoms with Gasteiger partial charge in [-0.1, -0.05) is 89.4 Å². The van der Waals surface area contributed by atoms with Gasteiger partial charge in [0.2, 0.25) is 5.82 Å². The van der Waals surface area contributed by atoms with Crippen molar-refractivity contribution < 1.29 is 19.1 Å². The molecule has 1 fully saturated rings. The number of carbonyl (C=O) groups excluding carboxylic acids is 3. The van der Waals surface area contributed by atoms with E-state index in [9.17, 15) is 14.4 Å². The van der Waals surface area contributed by atoms with E-state index in [4.69, 9.17) is 4.74 Å². The van der Waals surface area contributed by atoms with E-state index in [2.05, 4.69) is 36.7 Å². The van der Waals surface area contributed by atoms with E-state index in [0.717, 1.165) is 46.3 Å². The second-order valence-corrected chi connectivity index (χ2v) is 15.1. The van der Waals surface area contributed by atoms with Gasteiger partial charge in [0.1, 0.15) is 0 Å². The quantitative estimate of drug-likeness (QED) is 0.109. The van der Waals surface area contributed by atoms with Crippen molar-refractivity contribution in [2.24, 2.45) is 5.92 Å². The lowest BCUT2D eigenvalue weighted by atomic mass is 10.0. The van der Waals surface area contributed by atoms with E-state index in [0.29, 0.717) is 32.8 Å². The van der Waals surface area contributed by atoms with Crippen molar-refractivity contribution in [3.63, 3.8) is 0 Å². The minimum absolute atomic E-state index is 0.251. The Kier molecular flexibility index (Phi) is 10.2. The molecule has 0 radical (unpaired) electrons. The Hall–Kier alpha value is -5.68. The smallest absolute Gasteiger partial charge is 0.372 e. The van der Waals surface area contributed by atoms with Crippen molar-refractivity contribution in [1.29, 1.82) is 0 Å². The number of fused-ring (bicyclic) bond motifs is 1. The number of hydrogen-bond donors (Lipinski definition) is 1. The maximum atomic E-state index is 13.5. The maximum absolute atomic E-state index is 13.5. The monoisotopic (exact) mass is 770 g/mol. The molecule has 1 saturated carbocycles. The average molecular weight is 772 g/mol. The molecular weight excluding hydrogens is 732 g/mol. The topological polar surface area (TPSA) is 119 Å². The van der Waals surface area contributed by atoms with E-state index >= 15 is 0 Å². The zero-order chi connectivity index (χ0) is 37.1. The summed E-state index contributed by atoms with van der Waals surface area (Å²) in [7, 11) is 0. The molecule has 1 N–H and O–H groups in total. The number of rotatable bonds is 10. The minimum atomic E-state index is -0.760. The van der Waals surface area contributed by atoms with Crippen LogP contribution in [0.4, 0.5) is 16.2 Å². The summed E-state index contributed by atoms with van der Waals surface area (Å²) >= 11 is 3.58. The lowest BCUT2D eigenvalue weighted by molar-refractivity contribution is 0.0629. The van der Waals surface area contributed by atoms with E-state index < -0.39 is 17.6 Å². The van der Waals surface area contributed by atoms with Gasteiger partial charge < -0.3 is 10.1 Å². The van der Waals surface area contributed by atoms with Crippen LogP contribution in [0.25, 0.3) is 33.3 Å². The molecule has 2 amide bonds. The number of esters is 1. The first-order valence-corrected chi connectivity index (χ1v) is 18.5. The second kappa shape index (κ2) is 15.1. The van der Waals surface area contributed by atoms with Crippen LogP contribution in [0.1, 0.15) is 67.2 Å². The van der Waals surface area contributed by atoms with Crippen molar-refractivity contribution in [2.45, 2.75) is 58.5 Å². The van der Waals surface area contributed by atoms with E-state index in [1.165, 1.54) is 24.2 Å². The second-order valence-electron chi connectivity index (χ2n) is 14.3. The first-order chi connectivity index (χ1) is 25.5. The van der Waals surface area contributed by atoms with Gasteiger partial charge in [0.25, 0.3) is 5.91 Å². The highest BCUT2D eigenvalue weighted by Gasteiger charge is 2.32. The van der Waals surface area contributed by atoms with Crippen molar-refractivity contribution in [3.05, 3.63) is 125 Å². The van der Waals surface area contributed by atoms with Crippen LogP contribution in [0.3, 0.4) is 0 Å². The molecule has 0 saturated heterocycles. The van der Waals surface area contributed by atoms with Gasteiger partial charge in [0, 0.05) is 32.5 Å². The van der Waals surface area contributed by atoms with Gasteiger partial charge in [-0.15, -0.1) is 10.2 Å². The largest absolute Gasteiger partial charge is 0.422 e. The molecule has 11 heteroatoms. The van der Waals surface area contributed by atoms with Crippen molar-refractivity contribution in [2.75, 3.05) is 10.2 Å². The van der Waals surface area contributed by atoms with Gasteiger partial charge in [-0.3, -0.25) is 9.69 Å². The predicted octanol–water partition coefficient (Wildman–Crippen LogP) is 9.95. The van der Waals surface area contributed by atoms with Gasteiger partial charge in [-0.05, 0) is 115 Å². The van der Waals surface area contributed by atoms with Crippen LogP contribution in [-0.4, -0.2) is 43.7 Å². The minimum Gasteiger partial charge on any atom is -0.372 e. The molecular formula is C42H39BrN6O4. The normalized spacial score (nSPS) is 12.8. The van der Waals surface area contributed by atoms with Crippen LogP contribution in [-0.2, 0) is 11.3 Å². The van der Waals surface area contributed by atoms with Crippen LogP contribution in [0, 0.1) is 5.92 Å². The van der Waals surface area contributed by atoms with E-state index in [-0.39, 0.29) is 5.91 Å². The van der Waals surface area contributed by atoms with Crippen LogP contribution >= 0.6 is 15.9 Å². The standard InChI is InChI=1S/C42H39BrN6O4/c1-42(2,3)49(41(52)53-40(51)35-12-6-10-30-9-4-5-11-34(30)35)33-22-17-29(18-23-33)28-15-20-32(21-16-28)44-39(50)31-19-24-36(37(43)26-31)38-45-47-48(46-38)25-7-8-27-13-14-27/h4-6,9-12,15-24,26-27H,7-8,13-14,25H2,1-3H3,(H,44,50). The third kappa shape index (κ3) is 8.36. The number of benzene rings is 5. The molecule has 53 heavy (non-hydrogen) atoms. The molecule has 0 unspecified atom stereocenters. The van der Waals surface area contributed by atoms with Crippen molar-refractivity contribution in [1.82, 2.24) is 20.2 Å². The summed E-state index contributed by atoms with van der Waals surface area (Å²) < 4.78 is 6.14. The zero-order valence-corrected chi connectivity index (χ0v) is 31.3. The first-order valence-electron chi connectivity index (χ1n) is 17.7. The third-order valence-corrected chi connectivity index (χ3v) is 9.89. The number of amides is 2. The van der Waals surface area contributed by atoms with E-state index in [1.54, 1.807) is 29.1 Å². The molecule has 7 rings (SSSR count). The van der Waals surface area contributed by atoms with Gasteiger partial charge in [0.15, 0.2) is 0 Å². The fourth-order valence-corrected chi connectivity index (χ4v) is 6.87. The number of anilines is 2. The molecule has 0 bridgehead atoms. The molecule has 1 aliphatic carbocycles. The summed E-state index contributed by atoms with van der Waals surface area (Å²) in [6.07, 6.45) is 4.16. The zero-order valence-electron chi connectivity index (χ0n) is 29.8. The number of aryl methyl sites for hydroxylation is 1. The molecule has 0 spiro atoms. The average Bonchev–Trinajstić information content (AvgIpc) is 3.86. The van der Waals surface area contributed by atoms with E-state index in [1.807, 2.05) is 106 Å². The van der Waals surface area contributed by atoms with Gasteiger partial charge >= 0.3 is 12.1 Å². The lowest BCUT2D eigenvalue weighted by Crippen LogP contribution is -2.46. The number of aromatic nitrogens is 4. The molecule has 268 valence electrons. The third-order valence-electron chi connectivity index (χ3n) is 9.24. The van der Waals surface area contributed by atoms with Crippen molar-refractivity contribution in [3.8, 4) is 22.5 Å². The summed E-state index contributed by atoms with van der Waals surface area (Å²) in [4.78, 5) is 42.9. The molecule has 10 nitrogen and oxygen atoms in total. The van der Waals surface area contributed by atoms with Crippen molar-refractivity contribution >= 4 is 56.0 Å². The fourth-order valence-electron chi connectivity index (χ4n) is 6.31. The van der Waals surface area contributed by atoms with Crippen LogP contribution < -0.4 is 10.2 Å². The predicted molar refractivity (Wildman–Crippen MR) is 210 cm³/mol. The fraction of sp³-hybridized carbons (Fsp3) is 0.238. The lowest BCUT2D eigenvalue weighted by Gasteiger charge is -2.34. The Balaban J connectivity index is 0.984. The SMILES string of the molecule is CC(C)(C)N(C(=O)OC(=O)c1cccc2ccccc12)c1ccc(-c2ccc(NC(=O)c3ccc(-c4nnn(CCCC5CC5)n4)c(Br)c3)cc2)cc1. The Morgan fingerprint density at radius 3 is 2.28 bits per heavy atom. The van der Waals surface area contributed by atoms with Crippen LogP contribution in [0.15, 0.2) is 114 Å². The van der Waals surface area contributed by atoms with Gasteiger partial charge in [-0.25, -0.2) is 9.59 Å². The summed E-state index contributed by atoms with van der Waals surface area (Å²) in [5, 5.41) is 17.5. The van der Waals surface area contributed by atoms with Crippen LogP contribution in [0.2, 0.25) is 0 Å². The Bertz CT molecular complexity index is 2290. The molecule has 6 aromatic rings. The van der Waals surface area contributed by atoms with Gasteiger partial charge in [0.05, 0.1) is 12.1 Å². The summed E-state index contributed by atoms with van der Waals surface area (Å²) in [6.45, 7) is 6.39. The number of ether oxygens (including phenoxy) is 1. The highest BCUT2D eigenvalue weighted by Crippen LogP contribution is 2.34.